The van der Waals surface area contributed by atoms with Crippen molar-refractivity contribution in [3.8, 4) is 6.07 Å². The molecule has 1 N–H and O–H groups in total. The van der Waals surface area contributed by atoms with Crippen molar-refractivity contribution in [2.24, 2.45) is 0 Å². The van der Waals surface area contributed by atoms with Crippen LogP contribution in [-0.4, -0.2) is 33.4 Å². The normalized spacial score (nSPS) is 16.9. The van der Waals surface area contributed by atoms with Gasteiger partial charge in [-0.1, -0.05) is 46.8 Å². The Morgan fingerprint density at radius 2 is 1.93 bits per heavy atom. The summed E-state index contributed by atoms with van der Waals surface area (Å²) < 4.78 is 0. The molecule has 2 heterocycles. The topological polar surface area (TPSA) is 81.9 Å². The number of hydrogen-bond acceptors (Lipinski definition) is 5. The number of anilines is 1. The lowest BCUT2D eigenvalue weighted by Gasteiger charge is -2.22. The van der Waals surface area contributed by atoms with Crippen LogP contribution in [0.3, 0.4) is 0 Å². The average Bonchev–Trinajstić information content (AvgIpc) is 3.01. The molecule has 2 aromatic rings. The lowest BCUT2D eigenvalue weighted by Crippen LogP contribution is -2.33. The van der Waals surface area contributed by atoms with Gasteiger partial charge in [-0.15, -0.1) is 0 Å². The van der Waals surface area contributed by atoms with Gasteiger partial charge in [-0.3, -0.25) is 4.79 Å². The van der Waals surface area contributed by atoms with Gasteiger partial charge in [-0.05, 0) is 24.1 Å². The van der Waals surface area contributed by atoms with Crippen molar-refractivity contribution >= 4 is 11.7 Å². The zero-order valence-electron chi connectivity index (χ0n) is 17.9. The number of aromatic nitrogens is 2. The standard InChI is InChI=1S/C23H29N5O/c1-15(2)21-26-19(23(3,4)5)12-20(27-21)25-18-10-11-28(22(18)29)14-17-8-6-16(13-24)7-9-17/h6-9,12,15,18H,10-11,14H2,1-5H3,(H,25,26,27). The van der Waals surface area contributed by atoms with Gasteiger partial charge in [0.1, 0.15) is 17.7 Å². The third kappa shape index (κ3) is 4.92. The summed E-state index contributed by atoms with van der Waals surface area (Å²) in [6.45, 7) is 11.8. The average molecular weight is 392 g/mol. The van der Waals surface area contributed by atoms with Gasteiger partial charge >= 0.3 is 0 Å². The highest BCUT2D eigenvalue weighted by Crippen LogP contribution is 2.26. The van der Waals surface area contributed by atoms with Crippen molar-refractivity contribution in [2.45, 2.75) is 65.0 Å². The molecule has 0 spiro atoms. The van der Waals surface area contributed by atoms with Crippen LogP contribution in [-0.2, 0) is 16.8 Å². The summed E-state index contributed by atoms with van der Waals surface area (Å²) in [5.74, 6) is 1.80. The molecule has 152 valence electrons. The zero-order chi connectivity index (χ0) is 21.2. The number of rotatable bonds is 5. The van der Waals surface area contributed by atoms with Gasteiger partial charge in [-0.25, -0.2) is 9.97 Å². The summed E-state index contributed by atoms with van der Waals surface area (Å²) in [6, 6.07) is 11.2. The Hall–Kier alpha value is -2.94. The number of likely N-dealkylation sites (tertiary alicyclic amines) is 1. The Morgan fingerprint density at radius 1 is 1.24 bits per heavy atom. The number of nitrogens with zero attached hydrogens (tertiary/aromatic N) is 4. The smallest absolute Gasteiger partial charge is 0.245 e. The van der Waals surface area contributed by atoms with Crippen LogP contribution >= 0.6 is 0 Å². The van der Waals surface area contributed by atoms with Crippen LogP contribution in [0.25, 0.3) is 0 Å². The van der Waals surface area contributed by atoms with Crippen molar-refractivity contribution in [1.29, 1.82) is 5.26 Å². The first kappa shape index (κ1) is 20.8. The van der Waals surface area contributed by atoms with E-state index in [0.29, 0.717) is 24.5 Å². The summed E-state index contributed by atoms with van der Waals surface area (Å²) >= 11 is 0. The molecule has 1 atom stereocenters. The van der Waals surface area contributed by atoms with E-state index in [4.69, 9.17) is 10.2 Å². The summed E-state index contributed by atoms with van der Waals surface area (Å²) in [6.07, 6.45) is 0.737. The maximum Gasteiger partial charge on any atom is 0.245 e. The second kappa shape index (κ2) is 8.20. The third-order valence-electron chi connectivity index (χ3n) is 5.10. The Morgan fingerprint density at radius 3 is 2.52 bits per heavy atom. The minimum absolute atomic E-state index is 0.0800. The van der Waals surface area contributed by atoms with Gasteiger partial charge in [0, 0.05) is 30.5 Å². The third-order valence-corrected chi connectivity index (χ3v) is 5.10. The van der Waals surface area contributed by atoms with E-state index in [9.17, 15) is 4.79 Å². The first-order valence-electron chi connectivity index (χ1n) is 10.1. The van der Waals surface area contributed by atoms with Crippen molar-refractivity contribution in [3.05, 3.63) is 53.0 Å². The van der Waals surface area contributed by atoms with E-state index in [0.717, 1.165) is 23.5 Å². The van der Waals surface area contributed by atoms with Gasteiger partial charge in [0.25, 0.3) is 0 Å². The molecule has 6 heteroatoms. The Labute approximate surface area is 173 Å². The number of carbonyl (C=O) groups excluding carboxylic acids is 1. The summed E-state index contributed by atoms with van der Waals surface area (Å²) in [7, 11) is 0. The number of nitrogens with one attached hydrogen (secondary N) is 1. The van der Waals surface area contributed by atoms with Crippen LogP contribution in [0.4, 0.5) is 5.82 Å². The van der Waals surface area contributed by atoms with Crippen molar-refractivity contribution in [2.75, 3.05) is 11.9 Å². The maximum absolute atomic E-state index is 12.9. The number of benzene rings is 1. The van der Waals surface area contributed by atoms with Gasteiger partial charge in [0.05, 0.1) is 17.3 Å². The lowest BCUT2D eigenvalue weighted by molar-refractivity contribution is -0.128. The molecule has 1 aromatic carbocycles. The molecule has 1 aromatic heterocycles. The number of amides is 1. The maximum atomic E-state index is 12.9. The molecule has 1 saturated heterocycles. The molecule has 29 heavy (non-hydrogen) atoms. The van der Waals surface area contributed by atoms with E-state index < -0.39 is 0 Å². The minimum atomic E-state index is -0.281. The van der Waals surface area contributed by atoms with Crippen molar-refractivity contribution in [3.63, 3.8) is 0 Å². The minimum Gasteiger partial charge on any atom is -0.358 e. The fourth-order valence-electron chi connectivity index (χ4n) is 3.30. The van der Waals surface area contributed by atoms with Crippen LogP contribution in [0, 0.1) is 11.3 Å². The van der Waals surface area contributed by atoms with Crippen LogP contribution in [0.1, 0.15) is 69.6 Å². The highest BCUT2D eigenvalue weighted by molar-refractivity contribution is 5.86. The molecule has 1 amide bonds. The molecular formula is C23H29N5O. The predicted octanol–water partition coefficient (Wildman–Crippen LogP) is 3.98. The quantitative estimate of drug-likeness (QED) is 0.834. The van der Waals surface area contributed by atoms with Crippen LogP contribution in [0.2, 0.25) is 0 Å². The van der Waals surface area contributed by atoms with E-state index in [1.54, 1.807) is 12.1 Å². The molecule has 0 saturated carbocycles. The number of hydrogen-bond donors (Lipinski definition) is 1. The molecular weight excluding hydrogens is 362 g/mol. The van der Waals surface area contributed by atoms with Gasteiger partial charge in [-0.2, -0.15) is 5.26 Å². The highest BCUT2D eigenvalue weighted by atomic mass is 16.2. The van der Waals surface area contributed by atoms with Crippen molar-refractivity contribution < 1.29 is 4.79 Å². The predicted molar refractivity (Wildman–Crippen MR) is 113 cm³/mol. The molecule has 0 aliphatic carbocycles. The molecule has 3 rings (SSSR count). The second-order valence-corrected chi connectivity index (χ2v) is 8.96. The van der Waals surface area contributed by atoms with Crippen molar-refractivity contribution in [1.82, 2.24) is 14.9 Å². The molecule has 1 aliphatic rings. The summed E-state index contributed by atoms with van der Waals surface area (Å²) in [5.41, 5.74) is 2.53. The van der Waals surface area contributed by atoms with Crippen LogP contribution < -0.4 is 5.32 Å². The fraction of sp³-hybridized carbons (Fsp3) is 0.478. The second-order valence-electron chi connectivity index (χ2n) is 8.96. The number of nitriles is 1. The first-order chi connectivity index (χ1) is 13.7. The number of carbonyl (C=O) groups is 1. The first-order valence-corrected chi connectivity index (χ1v) is 10.1. The SMILES string of the molecule is CC(C)c1nc(NC2CCN(Cc3ccc(C#N)cc3)C2=O)cc(C(C)(C)C)n1. The van der Waals surface area contributed by atoms with E-state index in [1.165, 1.54) is 0 Å². The zero-order valence-corrected chi connectivity index (χ0v) is 17.9. The molecule has 6 nitrogen and oxygen atoms in total. The summed E-state index contributed by atoms with van der Waals surface area (Å²) in [5, 5.41) is 12.3. The van der Waals surface area contributed by atoms with Crippen LogP contribution in [0.15, 0.2) is 30.3 Å². The molecule has 1 unspecified atom stereocenters. The lowest BCUT2D eigenvalue weighted by atomic mass is 9.91. The van der Waals surface area contributed by atoms with E-state index in [1.807, 2.05) is 23.1 Å². The fourth-order valence-corrected chi connectivity index (χ4v) is 3.30. The molecule has 0 bridgehead atoms. The molecule has 0 radical (unpaired) electrons. The summed E-state index contributed by atoms with van der Waals surface area (Å²) in [4.78, 5) is 24.1. The molecule has 1 fully saturated rings. The van der Waals surface area contributed by atoms with Gasteiger partial charge in [0.2, 0.25) is 5.91 Å². The van der Waals surface area contributed by atoms with E-state index in [2.05, 4.69) is 51.0 Å². The van der Waals surface area contributed by atoms with Crippen LogP contribution in [0.5, 0.6) is 0 Å². The monoisotopic (exact) mass is 391 g/mol. The van der Waals surface area contributed by atoms with E-state index >= 15 is 0 Å². The van der Waals surface area contributed by atoms with E-state index in [-0.39, 0.29) is 23.3 Å². The highest BCUT2D eigenvalue weighted by Gasteiger charge is 2.32. The Balaban J connectivity index is 1.73. The molecule has 1 aliphatic heterocycles. The Bertz CT molecular complexity index is 922. The Kier molecular flexibility index (Phi) is 5.88. The largest absolute Gasteiger partial charge is 0.358 e. The van der Waals surface area contributed by atoms with Gasteiger partial charge in [0.15, 0.2) is 0 Å². The van der Waals surface area contributed by atoms with Gasteiger partial charge < -0.3 is 10.2 Å².